The normalized spacial score (nSPS) is 10.1. The molecule has 0 heterocycles. The summed E-state index contributed by atoms with van der Waals surface area (Å²) in [6.07, 6.45) is 1.41. The molecule has 0 aromatic heterocycles. The Bertz CT molecular complexity index is 344. The second-order valence-electron chi connectivity index (χ2n) is 2.83. The summed E-state index contributed by atoms with van der Waals surface area (Å²) in [7, 11) is 0. The van der Waals surface area contributed by atoms with E-state index < -0.39 is 10.7 Å². The van der Waals surface area contributed by atoms with Gasteiger partial charge in [-0.1, -0.05) is 15.9 Å². The standard InChI is InChI=1S/C9H9BrFNO2/c10-5-1-2-7-3-4-8(12(13)14)6-9(7)11/h3-4,6H,1-2,5H2. The first-order chi connectivity index (χ1) is 6.65. The topological polar surface area (TPSA) is 43.1 Å². The van der Waals surface area contributed by atoms with Gasteiger partial charge in [-0.15, -0.1) is 0 Å². The lowest BCUT2D eigenvalue weighted by Crippen LogP contribution is -1.94. The Morgan fingerprint density at radius 2 is 2.21 bits per heavy atom. The predicted molar refractivity (Wildman–Crippen MR) is 55.2 cm³/mol. The summed E-state index contributed by atoms with van der Waals surface area (Å²) in [6.45, 7) is 0. The molecule has 0 fully saturated rings. The van der Waals surface area contributed by atoms with Gasteiger partial charge in [0.2, 0.25) is 0 Å². The van der Waals surface area contributed by atoms with Crippen LogP contribution in [0.1, 0.15) is 12.0 Å². The van der Waals surface area contributed by atoms with Gasteiger partial charge in [-0.25, -0.2) is 4.39 Å². The number of hydrogen-bond acceptors (Lipinski definition) is 2. The van der Waals surface area contributed by atoms with E-state index in [1.807, 2.05) is 0 Å². The van der Waals surface area contributed by atoms with E-state index in [0.717, 1.165) is 17.8 Å². The minimum absolute atomic E-state index is 0.204. The van der Waals surface area contributed by atoms with E-state index in [9.17, 15) is 14.5 Å². The summed E-state index contributed by atoms with van der Waals surface area (Å²) >= 11 is 3.24. The molecule has 76 valence electrons. The first-order valence-electron chi connectivity index (χ1n) is 4.14. The highest BCUT2D eigenvalue weighted by Gasteiger charge is 2.09. The van der Waals surface area contributed by atoms with Gasteiger partial charge >= 0.3 is 0 Å². The summed E-state index contributed by atoms with van der Waals surface area (Å²) < 4.78 is 13.2. The van der Waals surface area contributed by atoms with Crippen LogP contribution in [-0.4, -0.2) is 10.3 Å². The van der Waals surface area contributed by atoms with Crippen LogP contribution in [0.5, 0.6) is 0 Å². The first kappa shape index (κ1) is 11.1. The van der Waals surface area contributed by atoms with Gasteiger partial charge in [0.25, 0.3) is 5.69 Å². The van der Waals surface area contributed by atoms with Crippen LogP contribution in [0.4, 0.5) is 10.1 Å². The molecule has 0 N–H and O–H groups in total. The zero-order valence-corrected chi connectivity index (χ0v) is 8.96. The second kappa shape index (κ2) is 5.05. The van der Waals surface area contributed by atoms with Crippen molar-refractivity contribution >= 4 is 21.6 Å². The van der Waals surface area contributed by atoms with Crippen LogP contribution in [0.15, 0.2) is 18.2 Å². The van der Waals surface area contributed by atoms with Crippen molar-refractivity contribution in [3.63, 3.8) is 0 Å². The van der Waals surface area contributed by atoms with Crippen LogP contribution in [0.2, 0.25) is 0 Å². The fraction of sp³-hybridized carbons (Fsp3) is 0.333. The predicted octanol–water partition coefficient (Wildman–Crippen LogP) is 3.06. The Morgan fingerprint density at radius 3 is 2.71 bits per heavy atom. The molecule has 0 saturated carbocycles. The monoisotopic (exact) mass is 261 g/mol. The molecule has 0 unspecified atom stereocenters. The number of aryl methyl sites for hydroxylation is 1. The van der Waals surface area contributed by atoms with Crippen LogP contribution in [0.3, 0.4) is 0 Å². The van der Waals surface area contributed by atoms with E-state index in [2.05, 4.69) is 15.9 Å². The third kappa shape index (κ3) is 2.77. The highest BCUT2D eigenvalue weighted by Crippen LogP contribution is 2.17. The minimum atomic E-state index is -0.600. The van der Waals surface area contributed by atoms with Gasteiger partial charge in [0.05, 0.1) is 11.0 Å². The molecule has 1 aromatic carbocycles. The highest BCUT2D eigenvalue weighted by molar-refractivity contribution is 9.09. The molecule has 0 aliphatic rings. The smallest absolute Gasteiger partial charge is 0.258 e. The summed E-state index contributed by atoms with van der Waals surface area (Å²) in [5, 5.41) is 11.1. The molecule has 5 heteroatoms. The van der Waals surface area contributed by atoms with Crippen molar-refractivity contribution in [1.29, 1.82) is 0 Å². The molecule has 0 atom stereocenters. The van der Waals surface area contributed by atoms with E-state index >= 15 is 0 Å². The number of benzene rings is 1. The van der Waals surface area contributed by atoms with Gasteiger partial charge in [0.1, 0.15) is 5.82 Å². The molecule has 1 rings (SSSR count). The van der Waals surface area contributed by atoms with E-state index in [-0.39, 0.29) is 5.69 Å². The molecule has 0 saturated heterocycles. The number of nitro groups is 1. The third-order valence-corrected chi connectivity index (χ3v) is 2.39. The van der Waals surface area contributed by atoms with Gasteiger partial charge in [-0.3, -0.25) is 10.1 Å². The summed E-state index contributed by atoms with van der Waals surface area (Å²) in [5.74, 6) is -0.500. The van der Waals surface area contributed by atoms with Crippen molar-refractivity contribution in [2.45, 2.75) is 12.8 Å². The summed E-state index contributed by atoms with van der Waals surface area (Å²) in [5.41, 5.74) is 0.320. The van der Waals surface area contributed by atoms with Crippen molar-refractivity contribution in [3.8, 4) is 0 Å². The molecule has 3 nitrogen and oxygen atoms in total. The first-order valence-corrected chi connectivity index (χ1v) is 5.26. The van der Waals surface area contributed by atoms with Crippen molar-refractivity contribution in [2.75, 3.05) is 5.33 Å². The average Bonchev–Trinajstić information content (AvgIpc) is 2.15. The quantitative estimate of drug-likeness (QED) is 0.475. The lowest BCUT2D eigenvalue weighted by molar-refractivity contribution is -0.385. The fourth-order valence-corrected chi connectivity index (χ4v) is 1.39. The number of nitrogens with zero attached hydrogens (tertiary/aromatic N) is 1. The molecular formula is C9H9BrFNO2. The van der Waals surface area contributed by atoms with E-state index in [0.29, 0.717) is 12.0 Å². The van der Waals surface area contributed by atoms with Gasteiger partial charge in [0.15, 0.2) is 0 Å². The maximum absolute atomic E-state index is 13.2. The number of hydrogen-bond donors (Lipinski definition) is 0. The molecule has 0 aliphatic heterocycles. The number of nitro benzene ring substituents is 1. The Kier molecular flexibility index (Phi) is 4.00. The maximum atomic E-state index is 13.2. The van der Waals surface area contributed by atoms with Crippen LogP contribution >= 0.6 is 15.9 Å². The van der Waals surface area contributed by atoms with Crippen molar-refractivity contribution in [2.24, 2.45) is 0 Å². The molecule has 1 aromatic rings. The lowest BCUT2D eigenvalue weighted by Gasteiger charge is -2.00. The minimum Gasteiger partial charge on any atom is -0.258 e. The Hall–Kier alpha value is -0.970. The Balaban J connectivity index is 2.84. The average molecular weight is 262 g/mol. The number of alkyl halides is 1. The largest absolute Gasteiger partial charge is 0.272 e. The van der Waals surface area contributed by atoms with Gasteiger partial charge < -0.3 is 0 Å². The molecule has 0 bridgehead atoms. The van der Waals surface area contributed by atoms with Gasteiger partial charge in [-0.05, 0) is 24.5 Å². The molecule has 0 amide bonds. The van der Waals surface area contributed by atoms with Gasteiger partial charge in [0, 0.05) is 11.4 Å². The Morgan fingerprint density at radius 1 is 1.50 bits per heavy atom. The van der Waals surface area contributed by atoms with Gasteiger partial charge in [-0.2, -0.15) is 0 Å². The van der Waals surface area contributed by atoms with Crippen LogP contribution in [0.25, 0.3) is 0 Å². The van der Waals surface area contributed by atoms with E-state index in [1.165, 1.54) is 12.1 Å². The number of halogens is 2. The Labute approximate surface area is 89.2 Å². The molecular weight excluding hydrogens is 253 g/mol. The maximum Gasteiger partial charge on any atom is 0.272 e. The number of rotatable bonds is 4. The highest BCUT2D eigenvalue weighted by atomic mass is 79.9. The number of non-ortho nitro benzene ring substituents is 1. The van der Waals surface area contributed by atoms with Crippen LogP contribution < -0.4 is 0 Å². The second-order valence-corrected chi connectivity index (χ2v) is 3.62. The lowest BCUT2D eigenvalue weighted by atomic mass is 10.1. The summed E-state index contributed by atoms with van der Waals surface area (Å²) in [6, 6.07) is 3.76. The SMILES string of the molecule is O=[N+]([O-])c1ccc(CCCBr)c(F)c1. The zero-order chi connectivity index (χ0) is 10.6. The molecule has 0 radical (unpaired) electrons. The third-order valence-electron chi connectivity index (χ3n) is 1.83. The van der Waals surface area contributed by atoms with Crippen molar-refractivity contribution < 1.29 is 9.31 Å². The molecule has 0 aliphatic carbocycles. The van der Waals surface area contributed by atoms with E-state index in [4.69, 9.17) is 0 Å². The fourth-order valence-electron chi connectivity index (χ4n) is 1.11. The molecule has 14 heavy (non-hydrogen) atoms. The van der Waals surface area contributed by atoms with Crippen molar-refractivity contribution in [1.82, 2.24) is 0 Å². The molecule has 0 spiro atoms. The van der Waals surface area contributed by atoms with Crippen LogP contribution in [0, 0.1) is 15.9 Å². The zero-order valence-electron chi connectivity index (χ0n) is 7.37. The van der Waals surface area contributed by atoms with Crippen molar-refractivity contribution in [3.05, 3.63) is 39.7 Å². The van der Waals surface area contributed by atoms with Crippen LogP contribution in [-0.2, 0) is 6.42 Å². The van der Waals surface area contributed by atoms with E-state index in [1.54, 1.807) is 0 Å². The summed E-state index contributed by atoms with van der Waals surface area (Å²) in [4.78, 5) is 9.71.